The zero-order chi connectivity index (χ0) is 20.0. The van der Waals surface area contributed by atoms with Crippen LogP contribution in [-0.4, -0.2) is 27.8 Å². The van der Waals surface area contributed by atoms with Crippen LogP contribution in [0.4, 0.5) is 11.4 Å². The number of aliphatic imine (C=N–C) groups is 1. The van der Waals surface area contributed by atoms with Crippen LogP contribution < -0.4 is 11.1 Å². The van der Waals surface area contributed by atoms with Gasteiger partial charge in [-0.25, -0.2) is 4.99 Å². The van der Waals surface area contributed by atoms with Gasteiger partial charge >= 0.3 is 0 Å². The molecule has 0 radical (unpaired) electrons. The fourth-order valence-electron chi connectivity index (χ4n) is 3.19. The maximum absolute atomic E-state index is 12.5. The van der Waals surface area contributed by atoms with Crippen LogP contribution in [0.2, 0.25) is 0 Å². The van der Waals surface area contributed by atoms with Gasteiger partial charge < -0.3 is 5.73 Å². The fourth-order valence-corrected chi connectivity index (χ4v) is 3.19. The first-order chi connectivity index (χ1) is 12.8. The van der Waals surface area contributed by atoms with Gasteiger partial charge in [0.1, 0.15) is 0 Å². The Morgan fingerprint density at radius 2 is 1.70 bits per heavy atom. The Balaban J connectivity index is 2.22. The van der Waals surface area contributed by atoms with E-state index >= 15 is 0 Å². The highest BCUT2D eigenvalue weighted by molar-refractivity contribution is 6.06. The molecule has 1 aromatic carbocycles. The largest absolute Gasteiger partial charge is 0.370 e. The van der Waals surface area contributed by atoms with Crippen LogP contribution in [-0.2, 0) is 0 Å². The average molecular weight is 377 g/mol. The smallest absolute Gasteiger partial charge is 0.279 e. The second-order valence-corrected chi connectivity index (χ2v) is 6.62. The number of hydrogen-bond donors (Lipinski definition) is 2. The van der Waals surface area contributed by atoms with Crippen molar-refractivity contribution in [2.75, 3.05) is 0 Å². The molecule has 0 bridgehead atoms. The molecule has 0 atom stereocenters. The average Bonchev–Trinajstić information content (AvgIpc) is 2.56. The summed E-state index contributed by atoms with van der Waals surface area (Å²) in [6, 6.07) is 1.85. The standard InChI is InChI=1S/C17H23N5O5/c1-11-14(9-13(21(24)25)10-15(11)22(26)27)16(23)20-17(18)19-12-7-5-3-2-4-6-8-12/h9-10,12H,2-8H2,1H3,(H3,18,19,20,23). The summed E-state index contributed by atoms with van der Waals surface area (Å²) < 4.78 is 0. The maximum atomic E-state index is 12.5. The Labute approximate surface area is 156 Å². The number of guanidine groups is 1. The summed E-state index contributed by atoms with van der Waals surface area (Å²) in [5.41, 5.74) is 4.65. The number of non-ortho nitro benzene ring substituents is 1. The Bertz CT molecular complexity index is 769. The van der Waals surface area contributed by atoms with E-state index in [0.717, 1.165) is 50.7 Å². The number of nitrogens with one attached hydrogen (secondary N) is 1. The molecule has 0 aromatic heterocycles. The summed E-state index contributed by atoms with van der Waals surface area (Å²) in [5, 5.41) is 24.5. The van der Waals surface area contributed by atoms with E-state index in [4.69, 9.17) is 5.73 Å². The predicted molar refractivity (Wildman–Crippen MR) is 99.7 cm³/mol. The molecule has 1 saturated carbocycles. The Morgan fingerprint density at radius 3 is 2.26 bits per heavy atom. The van der Waals surface area contributed by atoms with Crippen molar-refractivity contribution in [1.29, 1.82) is 0 Å². The van der Waals surface area contributed by atoms with E-state index in [9.17, 15) is 25.0 Å². The maximum Gasteiger partial charge on any atom is 0.279 e. The molecule has 0 aliphatic heterocycles. The lowest BCUT2D eigenvalue weighted by Gasteiger charge is -2.16. The molecule has 2 rings (SSSR count). The Kier molecular flexibility index (Phi) is 6.80. The lowest BCUT2D eigenvalue weighted by molar-refractivity contribution is -0.394. The lowest BCUT2D eigenvalue weighted by Crippen LogP contribution is -2.38. The van der Waals surface area contributed by atoms with Crippen LogP contribution in [0.3, 0.4) is 0 Å². The third-order valence-electron chi connectivity index (χ3n) is 4.66. The molecule has 3 N–H and O–H groups in total. The second kappa shape index (κ2) is 9.06. The van der Waals surface area contributed by atoms with Gasteiger partial charge in [0.2, 0.25) is 0 Å². The van der Waals surface area contributed by atoms with Gasteiger partial charge in [0.05, 0.1) is 27.5 Å². The molecule has 0 unspecified atom stereocenters. The highest BCUT2D eigenvalue weighted by atomic mass is 16.6. The van der Waals surface area contributed by atoms with E-state index in [0.29, 0.717) is 0 Å². The van der Waals surface area contributed by atoms with E-state index in [-0.39, 0.29) is 23.1 Å². The summed E-state index contributed by atoms with van der Waals surface area (Å²) >= 11 is 0. The van der Waals surface area contributed by atoms with Crippen molar-refractivity contribution >= 4 is 23.2 Å². The summed E-state index contributed by atoms with van der Waals surface area (Å²) in [6.07, 6.45) is 7.38. The van der Waals surface area contributed by atoms with Gasteiger partial charge in [-0.2, -0.15) is 0 Å². The number of nitrogens with two attached hydrogens (primary N) is 1. The van der Waals surface area contributed by atoms with Crippen LogP contribution in [0.25, 0.3) is 0 Å². The molecule has 0 spiro atoms. The van der Waals surface area contributed by atoms with Crippen LogP contribution in [0, 0.1) is 27.2 Å². The van der Waals surface area contributed by atoms with Gasteiger partial charge in [-0.3, -0.25) is 30.3 Å². The number of carbonyl (C=O) groups is 1. The van der Waals surface area contributed by atoms with Crippen molar-refractivity contribution in [3.8, 4) is 0 Å². The topological polar surface area (TPSA) is 154 Å². The van der Waals surface area contributed by atoms with Crippen molar-refractivity contribution in [3.63, 3.8) is 0 Å². The second-order valence-electron chi connectivity index (χ2n) is 6.62. The number of nitrogens with zero attached hydrogens (tertiary/aromatic N) is 3. The van der Waals surface area contributed by atoms with Crippen molar-refractivity contribution < 1.29 is 14.6 Å². The van der Waals surface area contributed by atoms with Crippen LogP contribution in [0.1, 0.15) is 60.9 Å². The molecule has 1 aromatic rings. The number of nitro benzene ring substituents is 2. The van der Waals surface area contributed by atoms with Gasteiger partial charge in [0, 0.05) is 11.6 Å². The van der Waals surface area contributed by atoms with E-state index in [1.807, 2.05) is 0 Å². The van der Waals surface area contributed by atoms with Crippen LogP contribution in [0.15, 0.2) is 17.1 Å². The third-order valence-corrected chi connectivity index (χ3v) is 4.66. The number of rotatable bonds is 4. The summed E-state index contributed by atoms with van der Waals surface area (Å²) in [4.78, 5) is 37.4. The number of carbonyl (C=O) groups excluding carboxylic acids is 1. The Hall–Kier alpha value is -3.04. The molecule has 146 valence electrons. The molecule has 1 fully saturated rings. The minimum atomic E-state index is -0.783. The molecule has 27 heavy (non-hydrogen) atoms. The quantitative estimate of drug-likeness (QED) is 0.356. The van der Waals surface area contributed by atoms with Crippen LogP contribution >= 0.6 is 0 Å². The van der Waals surface area contributed by atoms with Crippen molar-refractivity contribution in [2.24, 2.45) is 10.7 Å². The van der Waals surface area contributed by atoms with E-state index in [2.05, 4.69) is 10.3 Å². The molecule has 10 nitrogen and oxygen atoms in total. The monoisotopic (exact) mass is 377 g/mol. The number of nitro groups is 2. The van der Waals surface area contributed by atoms with Gasteiger partial charge in [-0.15, -0.1) is 0 Å². The molecule has 1 aliphatic rings. The molecule has 10 heteroatoms. The minimum absolute atomic E-state index is 0.0196. The lowest BCUT2D eigenvalue weighted by atomic mass is 9.97. The van der Waals surface area contributed by atoms with E-state index < -0.39 is 27.1 Å². The van der Waals surface area contributed by atoms with Crippen molar-refractivity contribution in [1.82, 2.24) is 5.32 Å². The zero-order valence-corrected chi connectivity index (χ0v) is 15.1. The number of amides is 1. The highest BCUT2D eigenvalue weighted by Crippen LogP contribution is 2.28. The van der Waals surface area contributed by atoms with Crippen molar-refractivity contribution in [3.05, 3.63) is 43.5 Å². The molecule has 1 amide bonds. The normalized spacial score (nSPS) is 16.3. The van der Waals surface area contributed by atoms with Gasteiger partial charge in [0.25, 0.3) is 17.3 Å². The number of benzene rings is 1. The van der Waals surface area contributed by atoms with E-state index in [1.165, 1.54) is 13.3 Å². The van der Waals surface area contributed by atoms with E-state index in [1.54, 1.807) is 0 Å². The zero-order valence-electron chi connectivity index (χ0n) is 15.1. The molecule has 0 saturated heterocycles. The molecular formula is C17H23N5O5. The highest BCUT2D eigenvalue weighted by Gasteiger charge is 2.25. The first kappa shape index (κ1) is 20.3. The first-order valence-electron chi connectivity index (χ1n) is 8.87. The number of hydrogen-bond acceptors (Lipinski definition) is 6. The van der Waals surface area contributed by atoms with Crippen LogP contribution in [0.5, 0.6) is 0 Å². The first-order valence-corrected chi connectivity index (χ1v) is 8.87. The Morgan fingerprint density at radius 1 is 1.11 bits per heavy atom. The SMILES string of the molecule is Cc1c(C(=O)NC(N)=NC2CCCCCCC2)cc([N+](=O)[O-])cc1[N+](=O)[O-]. The predicted octanol–water partition coefficient (Wildman–Crippen LogP) is 2.97. The molecule has 0 heterocycles. The summed E-state index contributed by atoms with van der Waals surface area (Å²) in [6.45, 7) is 1.36. The fraction of sp³-hybridized carbons (Fsp3) is 0.529. The van der Waals surface area contributed by atoms with Gasteiger partial charge in [-0.05, 0) is 19.8 Å². The van der Waals surface area contributed by atoms with Crippen molar-refractivity contribution in [2.45, 2.75) is 57.9 Å². The minimum Gasteiger partial charge on any atom is -0.370 e. The third kappa shape index (κ3) is 5.47. The molecule has 1 aliphatic carbocycles. The van der Waals surface area contributed by atoms with Gasteiger partial charge in [-0.1, -0.05) is 32.1 Å². The summed E-state index contributed by atoms with van der Waals surface area (Å²) in [5.74, 6) is -0.842. The molecular weight excluding hydrogens is 354 g/mol. The van der Waals surface area contributed by atoms with Gasteiger partial charge in [0.15, 0.2) is 5.96 Å². The summed E-state index contributed by atoms with van der Waals surface area (Å²) in [7, 11) is 0.